The molecular weight excluding hydrogens is 192 g/mol. The van der Waals surface area contributed by atoms with Gasteiger partial charge in [0, 0.05) is 5.92 Å². The minimum absolute atomic E-state index is 0.117. The number of hydrogen-bond acceptors (Lipinski definition) is 3. The van der Waals surface area contributed by atoms with Crippen molar-refractivity contribution in [1.82, 2.24) is 0 Å². The zero-order chi connectivity index (χ0) is 11.6. The number of carbonyl (C=O) groups is 2. The highest BCUT2D eigenvalue weighted by molar-refractivity contribution is 6.09. The predicted molar refractivity (Wildman–Crippen MR) is 57.2 cm³/mol. The number of ether oxygens (including phenoxy) is 1. The second-order valence-corrected chi connectivity index (χ2v) is 3.94. The van der Waals surface area contributed by atoms with Crippen molar-refractivity contribution < 1.29 is 14.3 Å². The molecule has 0 heterocycles. The van der Waals surface area contributed by atoms with Crippen LogP contribution >= 0.6 is 0 Å². The number of ketones is 1. The average molecular weight is 208 g/mol. The third-order valence-corrected chi connectivity index (χ3v) is 2.84. The van der Waals surface area contributed by atoms with Crippen LogP contribution in [0.3, 0.4) is 0 Å². The number of esters is 1. The van der Waals surface area contributed by atoms with E-state index in [1.54, 1.807) is 6.92 Å². The van der Waals surface area contributed by atoms with E-state index in [-0.39, 0.29) is 11.7 Å². The molecule has 0 bridgehead atoms. The molecule has 15 heavy (non-hydrogen) atoms. The van der Waals surface area contributed by atoms with Crippen LogP contribution in [-0.2, 0) is 14.3 Å². The summed E-state index contributed by atoms with van der Waals surface area (Å²) in [6.07, 6.45) is 2.55. The summed E-state index contributed by atoms with van der Waals surface area (Å²) >= 11 is 0. The molecule has 1 aliphatic rings. The van der Waals surface area contributed by atoms with Gasteiger partial charge in [-0.15, -0.1) is 0 Å². The van der Waals surface area contributed by atoms with E-state index >= 15 is 0 Å². The fourth-order valence-electron chi connectivity index (χ4n) is 1.85. The molecule has 0 N–H and O–H groups in total. The van der Waals surface area contributed by atoms with Crippen molar-refractivity contribution in [2.75, 3.05) is 7.11 Å². The lowest BCUT2D eigenvalue weighted by Crippen LogP contribution is -2.35. The van der Waals surface area contributed by atoms with Crippen LogP contribution in [-0.4, -0.2) is 18.9 Å². The fourth-order valence-corrected chi connectivity index (χ4v) is 1.85. The van der Waals surface area contributed by atoms with Crippen molar-refractivity contribution in [1.29, 1.82) is 0 Å². The van der Waals surface area contributed by atoms with Gasteiger partial charge >= 0.3 is 5.97 Å². The highest BCUT2D eigenvalue weighted by Gasteiger charge is 2.38. The fraction of sp³-hybridized carbons (Fsp3) is 0.500. The SMILES string of the molecule is C=C(C)[C@@H]1CC=C(C)C(=O)[C@@H]1C(=O)OC. The first-order chi connectivity index (χ1) is 6.99. The van der Waals surface area contributed by atoms with E-state index in [9.17, 15) is 9.59 Å². The first kappa shape index (κ1) is 11.7. The molecule has 0 saturated heterocycles. The molecule has 0 unspecified atom stereocenters. The number of Topliss-reactive ketones (excluding diaryl/α,β-unsaturated/α-hetero) is 1. The number of rotatable bonds is 2. The summed E-state index contributed by atoms with van der Waals surface area (Å²) in [5.41, 5.74) is 1.49. The third-order valence-electron chi connectivity index (χ3n) is 2.84. The monoisotopic (exact) mass is 208 g/mol. The van der Waals surface area contributed by atoms with Crippen LogP contribution in [0.1, 0.15) is 20.3 Å². The Morgan fingerprint density at radius 3 is 2.67 bits per heavy atom. The molecule has 0 aromatic rings. The van der Waals surface area contributed by atoms with E-state index in [4.69, 9.17) is 0 Å². The van der Waals surface area contributed by atoms with Crippen LogP contribution in [0.5, 0.6) is 0 Å². The summed E-state index contributed by atoms with van der Waals surface area (Å²) in [7, 11) is 1.30. The first-order valence-corrected chi connectivity index (χ1v) is 4.93. The maximum atomic E-state index is 11.8. The molecule has 1 aliphatic carbocycles. The molecule has 0 aliphatic heterocycles. The molecule has 0 amide bonds. The topological polar surface area (TPSA) is 43.4 Å². The van der Waals surface area contributed by atoms with Crippen molar-refractivity contribution in [3.05, 3.63) is 23.8 Å². The van der Waals surface area contributed by atoms with Gasteiger partial charge in [-0.2, -0.15) is 0 Å². The molecule has 3 nitrogen and oxygen atoms in total. The molecule has 0 spiro atoms. The Hall–Kier alpha value is -1.38. The molecule has 0 aromatic heterocycles. The van der Waals surface area contributed by atoms with Gasteiger partial charge in [-0.05, 0) is 25.8 Å². The Morgan fingerprint density at radius 1 is 1.60 bits per heavy atom. The summed E-state index contributed by atoms with van der Waals surface area (Å²) in [6, 6.07) is 0. The Labute approximate surface area is 89.8 Å². The third kappa shape index (κ3) is 2.17. The zero-order valence-corrected chi connectivity index (χ0v) is 9.37. The van der Waals surface area contributed by atoms with Crippen molar-refractivity contribution in [3.8, 4) is 0 Å². The summed E-state index contributed by atoms with van der Waals surface area (Å²) in [5, 5.41) is 0. The van der Waals surface area contributed by atoms with Gasteiger partial charge in [-0.3, -0.25) is 9.59 Å². The summed E-state index contributed by atoms with van der Waals surface area (Å²) in [4.78, 5) is 23.4. The van der Waals surface area contributed by atoms with Gasteiger partial charge in [-0.25, -0.2) is 0 Å². The van der Waals surface area contributed by atoms with Gasteiger partial charge in [0.05, 0.1) is 7.11 Å². The van der Waals surface area contributed by atoms with Crippen LogP contribution in [0.25, 0.3) is 0 Å². The van der Waals surface area contributed by atoms with E-state index in [2.05, 4.69) is 11.3 Å². The summed E-state index contributed by atoms with van der Waals surface area (Å²) in [6.45, 7) is 7.38. The Kier molecular flexibility index (Phi) is 3.45. The van der Waals surface area contributed by atoms with E-state index < -0.39 is 11.9 Å². The molecule has 0 radical (unpaired) electrons. The van der Waals surface area contributed by atoms with Gasteiger partial charge in [0.15, 0.2) is 5.78 Å². The van der Waals surface area contributed by atoms with Crippen molar-refractivity contribution in [2.24, 2.45) is 11.8 Å². The van der Waals surface area contributed by atoms with Crippen molar-refractivity contribution >= 4 is 11.8 Å². The number of hydrogen-bond donors (Lipinski definition) is 0. The van der Waals surface area contributed by atoms with Crippen LogP contribution < -0.4 is 0 Å². The first-order valence-electron chi connectivity index (χ1n) is 4.93. The van der Waals surface area contributed by atoms with E-state index in [0.29, 0.717) is 12.0 Å². The molecule has 0 aromatic carbocycles. The Bertz CT molecular complexity index is 339. The largest absolute Gasteiger partial charge is 0.468 e. The smallest absolute Gasteiger partial charge is 0.317 e. The quantitative estimate of drug-likeness (QED) is 0.395. The van der Waals surface area contributed by atoms with E-state index in [0.717, 1.165) is 5.57 Å². The zero-order valence-electron chi connectivity index (χ0n) is 9.37. The minimum Gasteiger partial charge on any atom is -0.468 e. The van der Waals surface area contributed by atoms with E-state index in [1.807, 2.05) is 13.0 Å². The van der Waals surface area contributed by atoms with Crippen LogP contribution in [0, 0.1) is 11.8 Å². The molecular formula is C12H16O3. The summed E-state index contributed by atoms with van der Waals surface area (Å²) in [5.74, 6) is -1.41. The molecule has 2 atom stereocenters. The van der Waals surface area contributed by atoms with E-state index in [1.165, 1.54) is 7.11 Å². The lowest BCUT2D eigenvalue weighted by Gasteiger charge is -2.27. The van der Waals surface area contributed by atoms with Gasteiger partial charge in [0.1, 0.15) is 5.92 Å². The average Bonchev–Trinajstić information content (AvgIpc) is 2.20. The van der Waals surface area contributed by atoms with Crippen molar-refractivity contribution in [3.63, 3.8) is 0 Å². The molecule has 82 valence electrons. The molecule has 3 heteroatoms. The van der Waals surface area contributed by atoms with Crippen LogP contribution in [0.2, 0.25) is 0 Å². The van der Waals surface area contributed by atoms with Gasteiger partial charge in [0.2, 0.25) is 0 Å². The van der Waals surface area contributed by atoms with Gasteiger partial charge in [0.25, 0.3) is 0 Å². The highest BCUT2D eigenvalue weighted by atomic mass is 16.5. The van der Waals surface area contributed by atoms with Crippen LogP contribution in [0.15, 0.2) is 23.8 Å². The standard InChI is InChI=1S/C12H16O3/c1-7(2)9-6-5-8(3)11(13)10(9)12(14)15-4/h5,9-10H,1,6H2,2-4H3/t9-,10+/m0/s1. The Balaban J connectivity index is 3.05. The molecule has 0 saturated carbocycles. The van der Waals surface area contributed by atoms with Crippen LogP contribution in [0.4, 0.5) is 0 Å². The minimum atomic E-state index is -0.697. The molecule has 1 rings (SSSR count). The second-order valence-electron chi connectivity index (χ2n) is 3.94. The maximum Gasteiger partial charge on any atom is 0.317 e. The molecule has 0 fully saturated rings. The van der Waals surface area contributed by atoms with Gasteiger partial charge in [-0.1, -0.05) is 18.2 Å². The second kappa shape index (κ2) is 4.43. The maximum absolute atomic E-state index is 11.8. The van der Waals surface area contributed by atoms with Crippen molar-refractivity contribution in [2.45, 2.75) is 20.3 Å². The van der Waals surface area contributed by atoms with Gasteiger partial charge < -0.3 is 4.74 Å². The lowest BCUT2D eigenvalue weighted by atomic mass is 9.76. The number of methoxy groups -OCH3 is 1. The predicted octanol–water partition coefficient (Wildman–Crippen LogP) is 1.89. The Morgan fingerprint density at radius 2 is 2.20 bits per heavy atom. The number of carbonyl (C=O) groups excluding carboxylic acids is 2. The highest BCUT2D eigenvalue weighted by Crippen LogP contribution is 2.32. The number of allylic oxidation sites excluding steroid dienone is 3. The normalized spacial score (nSPS) is 25.8. The lowest BCUT2D eigenvalue weighted by molar-refractivity contribution is -0.150. The summed E-state index contributed by atoms with van der Waals surface area (Å²) < 4.78 is 4.66.